The normalized spacial score (nSPS) is 12.2. The van der Waals surface area contributed by atoms with Crippen molar-refractivity contribution in [3.63, 3.8) is 0 Å². The summed E-state index contributed by atoms with van der Waals surface area (Å²) in [6, 6.07) is 7.83. The highest BCUT2D eigenvalue weighted by Crippen LogP contribution is 2.33. The molecule has 0 unspecified atom stereocenters. The van der Waals surface area contributed by atoms with Crippen LogP contribution in [0.2, 0.25) is 0 Å². The summed E-state index contributed by atoms with van der Waals surface area (Å²) in [6.45, 7) is 1.97. The van der Waals surface area contributed by atoms with Crippen molar-refractivity contribution in [1.29, 1.82) is 0 Å². The van der Waals surface area contributed by atoms with Gasteiger partial charge in [-0.25, -0.2) is 9.97 Å². The summed E-state index contributed by atoms with van der Waals surface area (Å²) in [7, 11) is 1.65. The first kappa shape index (κ1) is 21.7. The van der Waals surface area contributed by atoms with Crippen molar-refractivity contribution in [3.8, 4) is 17.0 Å². The largest absolute Gasteiger partial charge is 0.496 e. The van der Waals surface area contributed by atoms with Gasteiger partial charge in [-0.3, -0.25) is 9.78 Å². The van der Waals surface area contributed by atoms with E-state index in [1.54, 1.807) is 13.3 Å². The third kappa shape index (κ3) is 4.86. The molecule has 8 nitrogen and oxygen atoms in total. The second kappa shape index (κ2) is 9.74. The summed E-state index contributed by atoms with van der Waals surface area (Å²) in [5.74, 6) is 1.58. The first-order chi connectivity index (χ1) is 15.5. The Labute approximate surface area is 186 Å². The molecule has 0 bridgehead atoms. The van der Waals surface area contributed by atoms with Crippen molar-refractivity contribution < 1.29 is 13.9 Å². The van der Waals surface area contributed by atoms with E-state index < -0.39 is 0 Å². The number of imidazole rings is 1. The van der Waals surface area contributed by atoms with Crippen molar-refractivity contribution in [2.75, 3.05) is 7.11 Å². The van der Waals surface area contributed by atoms with E-state index in [0.717, 1.165) is 65.1 Å². The van der Waals surface area contributed by atoms with E-state index in [4.69, 9.17) is 14.9 Å². The van der Waals surface area contributed by atoms with E-state index in [9.17, 15) is 4.79 Å². The van der Waals surface area contributed by atoms with Crippen LogP contribution in [0.15, 0.2) is 47.3 Å². The molecule has 3 N–H and O–H groups in total. The minimum absolute atomic E-state index is 0.0651. The number of unbranched alkanes of at least 4 members (excludes halogenated alkanes) is 2. The van der Waals surface area contributed by atoms with E-state index in [1.807, 2.05) is 25.1 Å². The maximum atomic E-state index is 11.9. The summed E-state index contributed by atoms with van der Waals surface area (Å²) in [5, 5.41) is 1.03. The Hall–Kier alpha value is -3.52. The topological polar surface area (TPSA) is 120 Å². The number of aromatic nitrogens is 4. The Morgan fingerprint density at radius 2 is 2.09 bits per heavy atom. The third-order valence-electron chi connectivity index (χ3n) is 5.48. The van der Waals surface area contributed by atoms with Crippen LogP contribution in [-0.4, -0.2) is 32.8 Å². The van der Waals surface area contributed by atoms with E-state index in [2.05, 4.69) is 26.0 Å². The number of methoxy groups -OCH3 is 1. The number of benzene rings is 1. The fourth-order valence-electron chi connectivity index (χ4n) is 3.73. The number of nitrogens with two attached hydrogens (primary N) is 1. The van der Waals surface area contributed by atoms with Gasteiger partial charge in [-0.1, -0.05) is 18.9 Å². The molecule has 0 fully saturated rings. The summed E-state index contributed by atoms with van der Waals surface area (Å²) < 4.78 is 10.6. The number of carbonyl (C=O) groups excluding carboxylic acids is 1. The van der Waals surface area contributed by atoms with Crippen LogP contribution in [-0.2, 0) is 0 Å². The number of ketones is 1. The second-order valence-corrected chi connectivity index (χ2v) is 7.85. The molecule has 166 valence electrons. The lowest BCUT2D eigenvalue weighted by Crippen LogP contribution is -2.12. The highest BCUT2D eigenvalue weighted by molar-refractivity contribution is 5.91. The van der Waals surface area contributed by atoms with E-state index in [1.165, 1.54) is 12.5 Å². The van der Waals surface area contributed by atoms with Crippen molar-refractivity contribution >= 4 is 16.7 Å². The number of aryl methyl sites for hydroxylation is 1. The molecule has 0 saturated heterocycles. The fraction of sp³-hybridized carbons (Fsp3) is 0.333. The van der Waals surface area contributed by atoms with Gasteiger partial charge >= 0.3 is 0 Å². The number of nitrogens with zero attached hydrogens (tertiary/aromatic N) is 3. The Bertz CT molecular complexity index is 1200. The Morgan fingerprint density at radius 1 is 1.22 bits per heavy atom. The minimum atomic E-state index is -0.207. The van der Waals surface area contributed by atoms with Crippen LogP contribution < -0.4 is 10.5 Å². The SMILES string of the molecule is COc1cc2nc(C)ccc2cc1-c1cnc([C@@H](N)CCCCCC(=O)c2ncco2)[nH]1. The molecular weight excluding hydrogens is 406 g/mol. The summed E-state index contributed by atoms with van der Waals surface area (Å²) in [5.41, 5.74) is 9.98. The quantitative estimate of drug-likeness (QED) is 0.273. The van der Waals surface area contributed by atoms with Crippen molar-refractivity contribution in [2.24, 2.45) is 5.73 Å². The molecule has 0 saturated carbocycles. The molecule has 0 aliphatic carbocycles. The zero-order valence-electron chi connectivity index (χ0n) is 18.3. The van der Waals surface area contributed by atoms with E-state index >= 15 is 0 Å². The van der Waals surface area contributed by atoms with Crippen LogP contribution in [0.1, 0.15) is 60.3 Å². The van der Waals surface area contributed by atoms with Gasteiger partial charge in [0.1, 0.15) is 17.8 Å². The minimum Gasteiger partial charge on any atom is -0.496 e. The van der Waals surface area contributed by atoms with Crippen LogP contribution in [0.4, 0.5) is 0 Å². The smallest absolute Gasteiger partial charge is 0.263 e. The molecule has 0 spiro atoms. The first-order valence-corrected chi connectivity index (χ1v) is 10.7. The number of hydrogen-bond donors (Lipinski definition) is 2. The number of carbonyl (C=O) groups is 1. The van der Waals surface area contributed by atoms with Gasteiger partial charge in [0.15, 0.2) is 0 Å². The Balaban J connectivity index is 1.36. The number of ether oxygens (including phenoxy) is 1. The lowest BCUT2D eigenvalue weighted by atomic mass is 10.1. The number of aromatic amines is 1. The van der Waals surface area contributed by atoms with Gasteiger partial charge in [0.05, 0.1) is 36.8 Å². The highest BCUT2D eigenvalue weighted by atomic mass is 16.5. The molecule has 1 aromatic carbocycles. The lowest BCUT2D eigenvalue weighted by molar-refractivity contribution is 0.0945. The molecule has 4 aromatic rings. The number of hydrogen-bond acceptors (Lipinski definition) is 7. The maximum absolute atomic E-state index is 11.9. The zero-order valence-corrected chi connectivity index (χ0v) is 18.3. The number of Topliss-reactive ketones (excluding diaryl/α,β-unsaturated/α-hetero) is 1. The number of pyridine rings is 1. The molecule has 0 aliphatic heterocycles. The number of oxazole rings is 1. The summed E-state index contributed by atoms with van der Waals surface area (Å²) in [6.07, 6.45) is 8.47. The predicted octanol–water partition coefficient (Wildman–Crippen LogP) is 4.76. The second-order valence-electron chi connectivity index (χ2n) is 7.85. The van der Waals surface area contributed by atoms with Gasteiger partial charge in [0, 0.05) is 29.1 Å². The molecule has 8 heteroatoms. The summed E-state index contributed by atoms with van der Waals surface area (Å²) >= 11 is 0. The van der Waals surface area contributed by atoms with Crippen molar-refractivity contribution in [2.45, 2.75) is 45.1 Å². The molecule has 3 heterocycles. The molecule has 4 rings (SSSR count). The van der Waals surface area contributed by atoms with Crippen LogP contribution in [0, 0.1) is 6.92 Å². The van der Waals surface area contributed by atoms with E-state index in [-0.39, 0.29) is 17.7 Å². The van der Waals surface area contributed by atoms with Crippen LogP contribution >= 0.6 is 0 Å². The lowest BCUT2D eigenvalue weighted by Gasteiger charge is -2.10. The average molecular weight is 434 g/mol. The summed E-state index contributed by atoms with van der Waals surface area (Å²) in [4.78, 5) is 28.2. The molecule has 32 heavy (non-hydrogen) atoms. The van der Waals surface area contributed by atoms with Gasteiger partial charge < -0.3 is 19.9 Å². The number of H-pyrrole nitrogens is 1. The molecular formula is C24H27N5O3. The molecule has 0 radical (unpaired) electrons. The Kier molecular flexibility index (Phi) is 6.61. The van der Waals surface area contributed by atoms with Gasteiger partial charge in [-0.05, 0) is 31.9 Å². The van der Waals surface area contributed by atoms with Crippen LogP contribution in [0.3, 0.4) is 0 Å². The van der Waals surface area contributed by atoms with E-state index in [0.29, 0.717) is 6.42 Å². The third-order valence-corrected chi connectivity index (χ3v) is 5.48. The Morgan fingerprint density at radius 3 is 2.88 bits per heavy atom. The van der Waals surface area contributed by atoms with Crippen LogP contribution in [0.5, 0.6) is 5.75 Å². The molecule has 0 amide bonds. The standard InChI is InChI=1S/C24H27N5O3/c1-15-8-9-16-12-17(22(31-2)13-19(16)28-15)20-14-27-23(29-20)18(25)6-4-3-5-7-21(30)24-26-10-11-32-24/h8-14,18H,3-7,25H2,1-2H3,(H,27,29)/t18-/m0/s1. The molecule has 1 atom stereocenters. The molecule has 3 aromatic heterocycles. The first-order valence-electron chi connectivity index (χ1n) is 10.7. The predicted molar refractivity (Wildman–Crippen MR) is 121 cm³/mol. The number of rotatable bonds is 10. The maximum Gasteiger partial charge on any atom is 0.263 e. The van der Waals surface area contributed by atoms with Crippen molar-refractivity contribution in [1.82, 2.24) is 19.9 Å². The molecule has 0 aliphatic rings. The zero-order chi connectivity index (χ0) is 22.5. The fourth-order valence-corrected chi connectivity index (χ4v) is 3.73. The van der Waals surface area contributed by atoms with Gasteiger partial charge in [0.2, 0.25) is 5.78 Å². The van der Waals surface area contributed by atoms with Crippen LogP contribution in [0.25, 0.3) is 22.2 Å². The van der Waals surface area contributed by atoms with Gasteiger partial charge in [-0.2, -0.15) is 0 Å². The number of fused-ring (bicyclic) bond motifs is 1. The van der Waals surface area contributed by atoms with Gasteiger partial charge in [0.25, 0.3) is 5.89 Å². The van der Waals surface area contributed by atoms with Gasteiger partial charge in [-0.15, -0.1) is 0 Å². The number of nitrogens with one attached hydrogen (secondary N) is 1. The van der Waals surface area contributed by atoms with Crippen molar-refractivity contribution in [3.05, 3.63) is 60.3 Å². The highest BCUT2D eigenvalue weighted by Gasteiger charge is 2.15. The monoisotopic (exact) mass is 433 g/mol. The average Bonchev–Trinajstić information content (AvgIpc) is 3.50.